The number of amides is 1. The van der Waals surface area contributed by atoms with Crippen LogP contribution in [0.5, 0.6) is 0 Å². The van der Waals surface area contributed by atoms with Gasteiger partial charge in [0.1, 0.15) is 0 Å². The van der Waals surface area contributed by atoms with Crippen molar-refractivity contribution in [3.63, 3.8) is 0 Å². The Balaban J connectivity index is 0.00000242. The largest absolute Gasteiger partial charge is 0.324 e. The molecule has 6 heteroatoms. The van der Waals surface area contributed by atoms with Gasteiger partial charge in [-0.2, -0.15) is 0 Å². The first-order chi connectivity index (χ1) is 10.2. The van der Waals surface area contributed by atoms with Crippen molar-refractivity contribution < 1.29 is 4.79 Å². The Labute approximate surface area is 143 Å². The predicted molar refractivity (Wildman–Crippen MR) is 97.2 cm³/mol. The highest BCUT2D eigenvalue weighted by atomic mass is 35.5. The summed E-state index contributed by atoms with van der Waals surface area (Å²) in [6.07, 6.45) is 4.44. The van der Waals surface area contributed by atoms with Crippen LogP contribution >= 0.6 is 24.2 Å². The van der Waals surface area contributed by atoms with Crippen LogP contribution in [0, 0.1) is 5.92 Å². The molecule has 1 fully saturated rings. The summed E-state index contributed by atoms with van der Waals surface area (Å²) in [6, 6.07) is 7.92. The zero-order chi connectivity index (χ0) is 15.1. The zero-order valence-electron chi connectivity index (χ0n) is 13.3. The molecule has 0 bridgehead atoms. The molecule has 1 aliphatic rings. The van der Waals surface area contributed by atoms with E-state index in [4.69, 9.17) is 0 Å². The summed E-state index contributed by atoms with van der Waals surface area (Å²) in [4.78, 5) is 15.4. The SMILES string of the molecule is CSc1ccccc1NC(=O)CN(C)CC1CCNCC1.Cl. The summed E-state index contributed by atoms with van der Waals surface area (Å²) < 4.78 is 0. The summed E-state index contributed by atoms with van der Waals surface area (Å²) in [5, 5.41) is 6.39. The lowest BCUT2D eigenvalue weighted by molar-refractivity contribution is -0.117. The molecule has 0 radical (unpaired) electrons. The third-order valence-corrected chi connectivity index (χ3v) is 4.62. The number of rotatable bonds is 6. The normalized spacial score (nSPS) is 15.4. The third-order valence-electron chi connectivity index (χ3n) is 3.82. The van der Waals surface area contributed by atoms with Crippen molar-refractivity contribution in [1.82, 2.24) is 10.2 Å². The van der Waals surface area contributed by atoms with E-state index in [1.165, 1.54) is 12.8 Å². The zero-order valence-corrected chi connectivity index (χ0v) is 14.9. The van der Waals surface area contributed by atoms with Crippen molar-refractivity contribution in [3.8, 4) is 0 Å². The van der Waals surface area contributed by atoms with Gasteiger partial charge < -0.3 is 10.6 Å². The van der Waals surface area contributed by atoms with Gasteiger partial charge >= 0.3 is 0 Å². The molecule has 0 aliphatic carbocycles. The average Bonchev–Trinajstić information content (AvgIpc) is 2.48. The number of nitrogens with zero attached hydrogens (tertiary/aromatic N) is 1. The third kappa shape index (κ3) is 6.16. The summed E-state index contributed by atoms with van der Waals surface area (Å²) >= 11 is 1.65. The molecule has 1 aromatic carbocycles. The van der Waals surface area contributed by atoms with Gasteiger partial charge in [0.05, 0.1) is 12.2 Å². The monoisotopic (exact) mass is 343 g/mol. The first-order valence-corrected chi connectivity index (χ1v) is 8.73. The Morgan fingerprint density at radius 3 is 2.73 bits per heavy atom. The van der Waals surface area contributed by atoms with E-state index in [1.54, 1.807) is 11.8 Å². The minimum Gasteiger partial charge on any atom is -0.324 e. The molecule has 124 valence electrons. The lowest BCUT2D eigenvalue weighted by Gasteiger charge is -2.27. The van der Waals surface area contributed by atoms with Crippen LogP contribution in [-0.4, -0.2) is 50.3 Å². The Bertz CT molecular complexity index is 466. The second-order valence-electron chi connectivity index (χ2n) is 5.64. The molecule has 1 aliphatic heterocycles. The van der Waals surface area contributed by atoms with Crippen LogP contribution in [0.3, 0.4) is 0 Å². The number of thioether (sulfide) groups is 1. The van der Waals surface area contributed by atoms with Gasteiger partial charge in [0.2, 0.25) is 5.91 Å². The van der Waals surface area contributed by atoms with Crippen molar-refractivity contribution in [2.75, 3.05) is 44.8 Å². The summed E-state index contributed by atoms with van der Waals surface area (Å²) in [5.74, 6) is 0.774. The second-order valence-corrected chi connectivity index (χ2v) is 6.49. The summed E-state index contributed by atoms with van der Waals surface area (Å²) in [5.41, 5.74) is 0.908. The van der Waals surface area contributed by atoms with Crippen LogP contribution in [0.25, 0.3) is 0 Å². The highest BCUT2D eigenvalue weighted by Crippen LogP contribution is 2.24. The summed E-state index contributed by atoms with van der Waals surface area (Å²) in [7, 11) is 2.03. The maximum atomic E-state index is 12.2. The predicted octanol–water partition coefficient (Wildman–Crippen LogP) is 2.70. The van der Waals surface area contributed by atoms with Crippen LogP contribution in [0.15, 0.2) is 29.2 Å². The van der Waals surface area contributed by atoms with Crippen molar-refractivity contribution in [1.29, 1.82) is 0 Å². The quantitative estimate of drug-likeness (QED) is 0.779. The maximum Gasteiger partial charge on any atom is 0.238 e. The number of nitrogens with one attached hydrogen (secondary N) is 2. The number of halogens is 1. The molecule has 4 nitrogen and oxygen atoms in total. The van der Waals surface area contributed by atoms with Gasteiger partial charge in [0, 0.05) is 11.4 Å². The van der Waals surface area contributed by atoms with Gasteiger partial charge in [-0.1, -0.05) is 12.1 Å². The fraction of sp³-hybridized carbons (Fsp3) is 0.562. The molecular formula is C16H26ClN3OS. The van der Waals surface area contributed by atoms with Crippen LogP contribution in [0.1, 0.15) is 12.8 Å². The number of para-hydroxylation sites is 1. The molecule has 0 aromatic heterocycles. The second kappa shape index (κ2) is 10.1. The molecule has 0 unspecified atom stereocenters. The molecule has 2 rings (SSSR count). The molecule has 0 saturated carbocycles. The number of benzene rings is 1. The van der Waals surface area contributed by atoms with Gasteiger partial charge in [-0.15, -0.1) is 24.2 Å². The average molecular weight is 344 g/mol. The molecule has 1 amide bonds. The smallest absolute Gasteiger partial charge is 0.238 e. The van der Waals surface area contributed by atoms with E-state index in [0.717, 1.165) is 30.2 Å². The van der Waals surface area contributed by atoms with E-state index >= 15 is 0 Å². The van der Waals surface area contributed by atoms with E-state index in [2.05, 4.69) is 15.5 Å². The minimum atomic E-state index is 0. The maximum absolute atomic E-state index is 12.2. The van der Waals surface area contributed by atoms with Crippen LogP contribution in [0.4, 0.5) is 5.69 Å². The Hall–Kier alpha value is -0.750. The topological polar surface area (TPSA) is 44.4 Å². The standard InChI is InChI=1S/C16H25N3OS.ClH/c1-19(11-13-7-9-17-10-8-13)12-16(20)18-14-5-3-4-6-15(14)21-2;/h3-6,13,17H,7-12H2,1-2H3,(H,18,20);1H. The number of likely N-dealkylation sites (N-methyl/N-ethyl adjacent to an activating group) is 1. The molecule has 1 saturated heterocycles. The Kier molecular flexibility index (Phi) is 8.86. The molecular weight excluding hydrogens is 318 g/mol. The van der Waals surface area contributed by atoms with Crippen LogP contribution in [0.2, 0.25) is 0 Å². The van der Waals surface area contributed by atoms with Crippen molar-refractivity contribution >= 4 is 35.8 Å². The number of hydrogen-bond acceptors (Lipinski definition) is 4. The van der Waals surface area contributed by atoms with Crippen molar-refractivity contribution in [2.45, 2.75) is 17.7 Å². The van der Waals surface area contributed by atoms with E-state index in [0.29, 0.717) is 12.5 Å². The van der Waals surface area contributed by atoms with Crippen molar-refractivity contribution in [3.05, 3.63) is 24.3 Å². The van der Waals surface area contributed by atoms with Gasteiger partial charge in [-0.05, 0) is 57.3 Å². The number of anilines is 1. The van der Waals surface area contributed by atoms with Gasteiger partial charge in [-0.25, -0.2) is 0 Å². The van der Waals surface area contributed by atoms with Gasteiger partial charge in [0.15, 0.2) is 0 Å². The van der Waals surface area contributed by atoms with Crippen LogP contribution < -0.4 is 10.6 Å². The molecule has 0 atom stereocenters. The molecule has 1 heterocycles. The molecule has 1 aromatic rings. The number of piperidine rings is 1. The van der Waals surface area contributed by atoms with E-state index in [1.807, 2.05) is 37.6 Å². The van der Waals surface area contributed by atoms with E-state index in [9.17, 15) is 4.79 Å². The van der Waals surface area contributed by atoms with Gasteiger partial charge in [0.25, 0.3) is 0 Å². The number of hydrogen-bond donors (Lipinski definition) is 2. The van der Waals surface area contributed by atoms with Crippen molar-refractivity contribution in [2.24, 2.45) is 5.92 Å². The van der Waals surface area contributed by atoms with Crippen LogP contribution in [-0.2, 0) is 4.79 Å². The first kappa shape index (κ1) is 19.3. The Morgan fingerprint density at radius 2 is 2.05 bits per heavy atom. The number of carbonyl (C=O) groups is 1. The molecule has 0 spiro atoms. The number of carbonyl (C=O) groups excluding carboxylic acids is 1. The fourth-order valence-electron chi connectivity index (χ4n) is 2.75. The molecule has 2 N–H and O–H groups in total. The van der Waals surface area contributed by atoms with E-state index in [-0.39, 0.29) is 18.3 Å². The summed E-state index contributed by atoms with van der Waals surface area (Å²) in [6.45, 7) is 3.66. The van der Waals surface area contributed by atoms with E-state index < -0.39 is 0 Å². The first-order valence-electron chi connectivity index (χ1n) is 7.51. The highest BCUT2D eigenvalue weighted by molar-refractivity contribution is 7.98. The lowest BCUT2D eigenvalue weighted by atomic mass is 9.98. The fourth-order valence-corrected chi connectivity index (χ4v) is 3.31. The Morgan fingerprint density at radius 1 is 1.36 bits per heavy atom. The lowest BCUT2D eigenvalue weighted by Crippen LogP contribution is -2.37. The highest BCUT2D eigenvalue weighted by Gasteiger charge is 2.16. The molecule has 22 heavy (non-hydrogen) atoms. The minimum absolute atomic E-state index is 0. The van der Waals surface area contributed by atoms with Gasteiger partial charge in [-0.3, -0.25) is 9.69 Å².